The van der Waals surface area contributed by atoms with Crippen LogP contribution in [0.25, 0.3) is 21.6 Å². The Hall–Kier alpha value is -2.78. The van der Waals surface area contributed by atoms with Gasteiger partial charge in [-0.25, -0.2) is 4.98 Å². The maximum absolute atomic E-state index is 12.3. The summed E-state index contributed by atoms with van der Waals surface area (Å²) in [5, 5.41) is 12.7. The normalized spacial score (nSPS) is 11.0. The molecule has 0 bridgehead atoms. The quantitative estimate of drug-likeness (QED) is 0.500. The SMILES string of the molecule is CCn1c(SCC(=O)Nc2nc3ccccc3s2)nnc1-c1ccncc1. The third-order valence-electron chi connectivity index (χ3n) is 3.84. The van der Waals surface area contributed by atoms with Crippen LogP contribution in [0.3, 0.4) is 0 Å². The topological polar surface area (TPSA) is 85.6 Å². The zero-order chi connectivity index (χ0) is 18.6. The number of rotatable bonds is 6. The highest BCUT2D eigenvalue weighted by atomic mass is 32.2. The summed E-state index contributed by atoms with van der Waals surface area (Å²) in [5.74, 6) is 0.897. The average Bonchev–Trinajstić information content (AvgIpc) is 3.29. The smallest absolute Gasteiger partial charge is 0.236 e. The summed E-state index contributed by atoms with van der Waals surface area (Å²) in [4.78, 5) is 20.8. The molecule has 7 nitrogen and oxygen atoms in total. The van der Waals surface area contributed by atoms with Crippen molar-refractivity contribution >= 4 is 44.4 Å². The summed E-state index contributed by atoms with van der Waals surface area (Å²) in [5.41, 5.74) is 1.84. The lowest BCUT2D eigenvalue weighted by atomic mass is 10.2. The van der Waals surface area contributed by atoms with Crippen LogP contribution in [0.2, 0.25) is 0 Å². The van der Waals surface area contributed by atoms with Crippen LogP contribution in [-0.4, -0.2) is 36.4 Å². The zero-order valence-corrected chi connectivity index (χ0v) is 16.1. The number of benzene rings is 1. The third kappa shape index (κ3) is 3.83. The lowest BCUT2D eigenvalue weighted by Gasteiger charge is -2.07. The standard InChI is InChI=1S/C18H16N6OS2/c1-2-24-16(12-7-9-19-10-8-12)22-23-18(24)26-11-15(25)21-17-20-13-5-3-4-6-14(13)27-17/h3-10H,2,11H2,1H3,(H,20,21,25). The molecule has 0 unspecified atom stereocenters. The second-order valence-corrected chi connectivity index (χ2v) is 7.58. The monoisotopic (exact) mass is 396 g/mol. The van der Waals surface area contributed by atoms with Crippen LogP contribution < -0.4 is 5.32 Å². The number of para-hydroxylation sites is 1. The predicted molar refractivity (Wildman–Crippen MR) is 108 cm³/mol. The van der Waals surface area contributed by atoms with Gasteiger partial charge in [0.15, 0.2) is 16.1 Å². The molecule has 0 aliphatic carbocycles. The molecule has 3 heterocycles. The zero-order valence-electron chi connectivity index (χ0n) is 14.5. The van der Waals surface area contributed by atoms with Crippen molar-refractivity contribution < 1.29 is 4.79 Å². The Labute approximate surface area is 163 Å². The second-order valence-electron chi connectivity index (χ2n) is 5.61. The van der Waals surface area contributed by atoms with E-state index in [1.807, 2.05) is 47.9 Å². The minimum Gasteiger partial charge on any atom is -0.302 e. The van der Waals surface area contributed by atoms with Crippen LogP contribution in [0.15, 0.2) is 53.9 Å². The number of carbonyl (C=O) groups excluding carboxylic acids is 1. The van der Waals surface area contributed by atoms with Crippen LogP contribution >= 0.6 is 23.1 Å². The molecule has 4 rings (SSSR count). The number of pyridine rings is 1. The number of anilines is 1. The largest absolute Gasteiger partial charge is 0.302 e. The van der Waals surface area contributed by atoms with E-state index < -0.39 is 0 Å². The molecule has 1 aromatic carbocycles. The maximum Gasteiger partial charge on any atom is 0.236 e. The Morgan fingerprint density at radius 1 is 1.19 bits per heavy atom. The first-order valence-electron chi connectivity index (χ1n) is 8.36. The molecular weight excluding hydrogens is 380 g/mol. The Balaban J connectivity index is 1.44. The van der Waals surface area contributed by atoms with Crippen molar-refractivity contribution in [2.75, 3.05) is 11.1 Å². The van der Waals surface area contributed by atoms with Crippen LogP contribution in [-0.2, 0) is 11.3 Å². The molecule has 0 atom stereocenters. The van der Waals surface area contributed by atoms with E-state index in [9.17, 15) is 4.79 Å². The van der Waals surface area contributed by atoms with Crippen molar-refractivity contribution in [3.05, 3.63) is 48.8 Å². The fourth-order valence-electron chi connectivity index (χ4n) is 2.61. The Kier molecular flexibility index (Phi) is 5.12. The number of thioether (sulfide) groups is 1. The van der Waals surface area contributed by atoms with E-state index in [2.05, 4.69) is 25.5 Å². The lowest BCUT2D eigenvalue weighted by molar-refractivity contribution is -0.113. The molecule has 0 aliphatic rings. The van der Waals surface area contributed by atoms with E-state index in [0.717, 1.165) is 21.6 Å². The minimum atomic E-state index is -0.116. The summed E-state index contributed by atoms with van der Waals surface area (Å²) < 4.78 is 3.04. The van der Waals surface area contributed by atoms with Crippen LogP contribution in [0, 0.1) is 0 Å². The number of nitrogens with one attached hydrogen (secondary N) is 1. The highest BCUT2D eigenvalue weighted by molar-refractivity contribution is 7.99. The van der Waals surface area contributed by atoms with E-state index in [4.69, 9.17) is 0 Å². The minimum absolute atomic E-state index is 0.116. The van der Waals surface area contributed by atoms with E-state index in [1.54, 1.807) is 12.4 Å². The number of aromatic nitrogens is 5. The number of amides is 1. The van der Waals surface area contributed by atoms with Gasteiger partial charge in [-0.3, -0.25) is 9.78 Å². The van der Waals surface area contributed by atoms with Gasteiger partial charge in [0.05, 0.1) is 16.0 Å². The molecule has 0 aliphatic heterocycles. The first-order chi connectivity index (χ1) is 13.2. The van der Waals surface area contributed by atoms with Crippen LogP contribution in [0.4, 0.5) is 5.13 Å². The molecule has 0 radical (unpaired) electrons. The van der Waals surface area contributed by atoms with Gasteiger partial charge in [-0.05, 0) is 31.2 Å². The molecule has 4 aromatic rings. The average molecular weight is 397 g/mol. The Morgan fingerprint density at radius 2 is 2.00 bits per heavy atom. The lowest BCUT2D eigenvalue weighted by Crippen LogP contribution is -2.14. The first-order valence-corrected chi connectivity index (χ1v) is 10.2. The number of hydrogen-bond acceptors (Lipinski definition) is 7. The molecule has 1 N–H and O–H groups in total. The molecule has 27 heavy (non-hydrogen) atoms. The molecule has 9 heteroatoms. The van der Waals surface area contributed by atoms with Crippen LogP contribution in [0.5, 0.6) is 0 Å². The molecule has 0 fully saturated rings. The highest BCUT2D eigenvalue weighted by Crippen LogP contribution is 2.26. The van der Waals surface area contributed by atoms with E-state index in [0.29, 0.717) is 16.8 Å². The fraction of sp³-hybridized carbons (Fsp3) is 0.167. The molecule has 3 aromatic heterocycles. The molecule has 0 spiro atoms. The number of hydrogen-bond donors (Lipinski definition) is 1. The number of thiazole rings is 1. The van der Waals surface area contributed by atoms with E-state index >= 15 is 0 Å². The van der Waals surface area contributed by atoms with Crippen LogP contribution in [0.1, 0.15) is 6.92 Å². The van der Waals surface area contributed by atoms with Gasteiger partial charge in [-0.2, -0.15) is 0 Å². The van der Waals surface area contributed by atoms with Gasteiger partial charge in [-0.1, -0.05) is 35.2 Å². The first kappa shape index (κ1) is 17.6. The summed E-state index contributed by atoms with van der Waals surface area (Å²) in [6.45, 7) is 2.74. The van der Waals surface area contributed by atoms with Gasteiger partial charge in [0.2, 0.25) is 5.91 Å². The van der Waals surface area contributed by atoms with E-state index in [-0.39, 0.29) is 11.7 Å². The van der Waals surface area contributed by atoms with Crippen molar-refractivity contribution in [3.8, 4) is 11.4 Å². The summed E-state index contributed by atoms with van der Waals surface area (Å²) in [7, 11) is 0. The fourth-order valence-corrected chi connectivity index (χ4v) is 4.29. The van der Waals surface area contributed by atoms with Gasteiger partial charge >= 0.3 is 0 Å². The summed E-state index contributed by atoms with van der Waals surface area (Å²) in [6.07, 6.45) is 3.45. The van der Waals surface area contributed by atoms with Gasteiger partial charge < -0.3 is 9.88 Å². The highest BCUT2D eigenvalue weighted by Gasteiger charge is 2.15. The van der Waals surface area contributed by atoms with Gasteiger partial charge in [0.25, 0.3) is 0 Å². The number of nitrogens with zero attached hydrogens (tertiary/aromatic N) is 5. The third-order valence-corrected chi connectivity index (χ3v) is 5.76. The molecule has 0 saturated carbocycles. The van der Waals surface area contributed by atoms with Crippen molar-refractivity contribution in [3.63, 3.8) is 0 Å². The Bertz CT molecular complexity index is 1040. The number of fused-ring (bicyclic) bond motifs is 1. The van der Waals surface area contributed by atoms with E-state index in [1.165, 1.54) is 23.1 Å². The predicted octanol–water partition coefficient (Wildman–Crippen LogP) is 3.70. The molecule has 1 amide bonds. The molecule has 136 valence electrons. The molecule has 0 saturated heterocycles. The Morgan fingerprint density at radius 3 is 2.78 bits per heavy atom. The number of carbonyl (C=O) groups is 1. The van der Waals surface area contributed by atoms with Crippen molar-refractivity contribution in [1.29, 1.82) is 0 Å². The maximum atomic E-state index is 12.3. The second kappa shape index (κ2) is 7.85. The van der Waals surface area contributed by atoms with Gasteiger partial charge in [0, 0.05) is 24.5 Å². The summed E-state index contributed by atoms with van der Waals surface area (Å²) in [6, 6.07) is 11.6. The summed E-state index contributed by atoms with van der Waals surface area (Å²) >= 11 is 2.82. The van der Waals surface area contributed by atoms with Crippen molar-refractivity contribution in [1.82, 2.24) is 24.7 Å². The van der Waals surface area contributed by atoms with Gasteiger partial charge in [0.1, 0.15) is 0 Å². The van der Waals surface area contributed by atoms with Crippen molar-refractivity contribution in [2.45, 2.75) is 18.6 Å². The van der Waals surface area contributed by atoms with Gasteiger partial charge in [-0.15, -0.1) is 10.2 Å². The molecular formula is C18H16N6OS2. The van der Waals surface area contributed by atoms with Crippen molar-refractivity contribution in [2.24, 2.45) is 0 Å².